The Hall–Kier alpha value is -1.75. The number of terminal acetylenes is 1. The Morgan fingerprint density at radius 1 is 1.40 bits per heavy atom. The van der Waals surface area contributed by atoms with E-state index >= 15 is 0 Å². The van der Waals surface area contributed by atoms with E-state index in [0.717, 1.165) is 11.3 Å². The summed E-state index contributed by atoms with van der Waals surface area (Å²) in [6, 6.07) is 6.19. The highest BCUT2D eigenvalue weighted by atomic mass is 16.6. The second-order valence-corrected chi connectivity index (χ2v) is 3.45. The topological polar surface area (TPSA) is 21.6 Å². The maximum Gasteiger partial charge on any atom is 0.177 e. The Labute approximate surface area is 90.9 Å². The van der Waals surface area contributed by atoms with E-state index in [4.69, 9.17) is 11.3 Å². The zero-order valence-electron chi connectivity index (χ0n) is 9.37. The maximum absolute atomic E-state index is 5.05. The maximum atomic E-state index is 5.05. The number of hydrogen-bond acceptors (Lipinski definition) is 2. The van der Waals surface area contributed by atoms with Gasteiger partial charge in [-0.2, -0.15) is 0 Å². The molecule has 1 aromatic rings. The first kappa shape index (κ1) is 11.3. The number of benzene rings is 1. The van der Waals surface area contributed by atoms with Crippen LogP contribution in [0.1, 0.15) is 23.6 Å². The van der Waals surface area contributed by atoms with Gasteiger partial charge in [0.2, 0.25) is 0 Å². The van der Waals surface area contributed by atoms with Crippen LogP contribution in [0.3, 0.4) is 0 Å². The molecule has 0 aliphatic carbocycles. The van der Waals surface area contributed by atoms with E-state index in [0.29, 0.717) is 0 Å². The molecule has 0 fully saturated rings. The second-order valence-electron chi connectivity index (χ2n) is 3.45. The quantitative estimate of drug-likeness (QED) is 0.319. The minimum atomic E-state index is 0.210. The molecule has 0 aliphatic rings. The van der Waals surface area contributed by atoms with E-state index in [9.17, 15) is 0 Å². The van der Waals surface area contributed by atoms with Crippen LogP contribution in [0.15, 0.2) is 23.4 Å². The van der Waals surface area contributed by atoms with Crippen LogP contribution in [-0.4, -0.2) is 12.3 Å². The molecule has 1 rings (SSSR count). The molecule has 15 heavy (non-hydrogen) atoms. The fraction of sp³-hybridized carbons (Fsp3) is 0.308. The first-order chi connectivity index (χ1) is 7.15. The van der Waals surface area contributed by atoms with Crippen molar-refractivity contribution in [3.05, 3.63) is 34.9 Å². The number of oxime groups is 1. The zero-order valence-corrected chi connectivity index (χ0v) is 9.37. The van der Waals surface area contributed by atoms with Crippen LogP contribution in [0, 0.1) is 26.2 Å². The summed E-state index contributed by atoms with van der Waals surface area (Å²) in [6.07, 6.45) is 5.05. The van der Waals surface area contributed by atoms with Gasteiger partial charge in [0, 0.05) is 0 Å². The number of hydrogen-bond donors (Lipinski definition) is 0. The molecular formula is C13H15NO. The van der Waals surface area contributed by atoms with Gasteiger partial charge in [-0.25, -0.2) is 0 Å². The molecule has 0 heterocycles. The Balaban J connectivity index is 2.83. The van der Waals surface area contributed by atoms with E-state index in [2.05, 4.69) is 37.1 Å². The van der Waals surface area contributed by atoms with E-state index in [1.807, 2.05) is 13.0 Å². The van der Waals surface area contributed by atoms with Crippen molar-refractivity contribution in [2.24, 2.45) is 5.16 Å². The van der Waals surface area contributed by atoms with Gasteiger partial charge in [-0.05, 0) is 43.5 Å². The Bertz CT molecular complexity index is 413. The van der Waals surface area contributed by atoms with Crippen LogP contribution in [0.5, 0.6) is 0 Å². The summed E-state index contributed by atoms with van der Waals surface area (Å²) in [7, 11) is 0. The first-order valence-corrected chi connectivity index (χ1v) is 4.83. The van der Waals surface area contributed by atoms with Crippen LogP contribution in [0.2, 0.25) is 0 Å². The van der Waals surface area contributed by atoms with Crippen molar-refractivity contribution in [1.82, 2.24) is 0 Å². The highest BCUT2D eigenvalue weighted by molar-refractivity contribution is 5.98. The molecule has 0 N–H and O–H groups in total. The second kappa shape index (κ2) is 5.21. The standard InChI is InChI=1S/C13H15NO/c1-5-8-15-14-12(4)13-7-6-10(2)11(3)9-13/h1,6-7,9H,8H2,2-4H3/b14-12+. The van der Waals surface area contributed by atoms with Gasteiger partial charge in [0.1, 0.15) is 0 Å². The van der Waals surface area contributed by atoms with Gasteiger partial charge in [-0.1, -0.05) is 23.2 Å². The van der Waals surface area contributed by atoms with Gasteiger partial charge in [-0.15, -0.1) is 6.42 Å². The van der Waals surface area contributed by atoms with Crippen molar-refractivity contribution in [3.8, 4) is 12.3 Å². The molecule has 2 heteroatoms. The minimum absolute atomic E-state index is 0.210. The molecule has 0 unspecified atom stereocenters. The summed E-state index contributed by atoms with van der Waals surface area (Å²) in [5, 5.41) is 3.93. The third-order valence-electron chi connectivity index (χ3n) is 2.27. The number of rotatable bonds is 3. The Kier molecular flexibility index (Phi) is 3.93. The molecule has 0 bridgehead atoms. The summed E-state index contributed by atoms with van der Waals surface area (Å²) in [5.74, 6) is 2.37. The molecule has 0 amide bonds. The van der Waals surface area contributed by atoms with Crippen LogP contribution >= 0.6 is 0 Å². The SMILES string of the molecule is C#CCO/N=C(\C)c1ccc(C)c(C)c1. The summed E-state index contributed by atoms with van der Waals surface area (Å²) < 4.78 is 0. The normalized spacial score (nSPS) is 10.9. The molecule has 2 nitrogen and oxygen atoms in total. The molecule has 1 aromatic carbocycles. The van der Waals surface area contributed by atoms with Gasteiger partial charge in [0.15, 0.2) is 6.61 Å². The van der Waals surface area contributed by atoms with Gasteiger partial charge in [-0.3, -0.25) is 0 Å². The van der Waals surface area contributed by atoms with E-state index in [1.54, 1.807) is 0 Å². The monoisotopic (exact) mass is 201 g/mol. The molecule has 0 saturated carbocycles. The lowest BCUT2D eigenvalue weighted by Gasteiger charge is -2.04. The summed E-state index contributed by atoms with van der Waals surface area (Å²) in [5.41, 5.74) is 4.43. The van der Waals surface area contributed by atoms with Crippen LogP contribution in [-0.2, 0) is 4.84 Å². The Morgan fingerprint density at radius 2 is 2.13 bits per heavy atom. The van der Waals surface area contributed by atoms with Gasteiger partial charge >= 0.3 is 0 Å². The number of aryl methyl sites for hydroxylation is 2. The highest BCUT2D eigenvalue weighted by Gasteiger charge is 1.99. The average molecular weight is 201 g/mol. The smallest absolute Gasteiger partial charge is 0.177 e. The predicted molar refractivity (Wildman–Crippen MR) is 62.9 cm³/mol. The first-order valence-electron chi connectivity index (χ1n) is 4.83. The van der Waals surface area contributed by atoms with Crippen molar-refractivity contribution in [1.29, 1.82) is 0 Å². The van der Waals surface area contributed by atoms with E-state index in [-0.39, 0.29) is 6.61 Å². The largest absolute Gasteiger partial charge is 0.382 e. The van der Waals surface area contributed by atoms with Crippen molar-refractivity contribution in [2.75, 3.05) is 6.61 Å². The molecule has 0 aliphatic heterocycles. The molecule has 78 valence electrons. The van der Waals surface area contributed by atoms with E-state index < -0.39 is 0 Å². The van der Waals surface area contributed by atoms with Crippen molar-refractivity contribution in [3.63, 3.8) is 0 Å². The van der Waals surface area contributed by atoms with Gasteiger partial charge in [0.25, 0.3) is 0 Å². The molecular weight excluding hydrogens is 186 g/mol. The average Bonchev–Trinajstić information content (AvgIpc) is 2.22. The summed E-state index contributed by atoms with van der Waals surface area (Å²) in [4.78, 5) is 4.92. The number of nitrogens with zero attached hydrogens (tertiary/aromatic N) is 1. The van der Waals surface area contributed by atoms with Crippen molar-refractivity contribution < 1.29 is 4.84 Å². The van der Waals surface area contributed by atoms with E-state index in [1.165, 1.54) is 11.1 Å². The lowest BCUT2D eigenvalue weighted by atomic mass is 10.0. The summed E-state index contributed by atoms with van der Waals surface area (Å²) >= 11 is 0. The minimum Gasteiger partial charge on any atom is -0.382 e. The lowest BCUT2D eigenvalue weighted by molar-refractivity contribution is 0.180. The highest BCUT2D eigenvalue weighted by Crippen LogP contribution is 2.10. The molecule has 0 spiro atoms. The lowest BCUT2D eigenvalue weighted by Crippen LogP contribution is -1.98. The Morgan fingerprint density at radius 3 is 2.73 bits per heavy atom. The fourth-order valence-corrected chi connectivity index (χ4v) is 1.19. The third kappa shape index (κ3) is 3.14. The summed E-state index contributed by atoms with van der Waals surface area (Å²) in [6.45, 7) is 6.28. The van der Waals surface area contributed by atoms with Crippen LogP contribution in [0.4, 0.5) is 0 Å². The molecule has 0 saturated heterocycles. The van der Waals surface area contributed by atoms with Gasteiger partial charge < -0.3 is 4.84 Å². The third-order valence-corrected chi connectivity index (χ3v) is 2.27. The van der Waals surface area contributed by atoms with Crippen molar-refractivity contribution >= 4 is 5.71 Å². The predicted octanol–water partition coefficient (Wildman–Crippen LogP) is 2.68. The molecule has 0 aromatic heterocycles. The van der Waals surface area contributed by atoms with Crippen molar-refractivity contribution in [2.45, 2.75) is 20.8 Å². The molecule has 0 radical (unpaired) electrons. The zero-order chi connectivity index (χ0) is 11.3. The van der Waals surface area contributed by atoms with Gasteiger partial charge in [0.05, 0.1) is 5.71 Å². The van der Waals surface area contributed by atoms with Crippen LogP contribution < -0.4 is 0 Å². The molecule has 0 atom stereocenters. The van der Waals surface area contributed by atoms with Crippen LogP contribution in [0.25, 0.3) is 0 Å². The fourth-order valence-electron chi connectivity index (χ4n) is 1.19.